The van der Waals surface area contributed by atoms with Gasteiger partial charge in [0.25, 0.3) is 0 Å². The zero-order chi connectivity index (χ0) is 15.1. The lowest BCUT2D eigenvalue weighted by Crippen LogP contribution is -2.34. The molecule has 1 N–H and O–H groups in total. The van der Waals surface area contributed by atoms with E-state index in [2.05, 4.69) is 53.9 Å². The Morgan fingerprint density at radius 2 is 1.90 bits per heavy atom. The van der Waals surface area contributed by atoms with Gasteiger partial charge in [0.05, 0.1) is 6.10 Å². The quantitative estimate of drug-likeness (QED) is 0.808. The van der Waals surface area contributed by atoms with Crippen LogP contribution < -0.4 is 0 Å². The number of nitrogens with zero attached hydrogens (tertiary/aromatic N) is 2. The summed E-state index contributed by atoms with van der Waals surface area (Å²) < 4.78 is 2.15. The van der Waals surface area contributed by atoms with E-state index < -0.39 is 0 Å². The highest BCUT2D eigenvalue weighted by atomic mass is 16.3. The number of rotatable bonds is 8. The number of hydrogen-bond acceptors (Lipinski definition) is 2. The van der Waals surface area contributed by atoms with Gasteiger partial charge in [0.1, 0.15) is 0 Å². The molecule has 1 unspecified atom stereocenters. The largest absolute Gasteiger partial charge is 0.391 e. The molecule has 1 aromatic carbocycles. The molecular weight excluding hydrogens is 260 g/mol. The van der Waals surface area contributed by atoms with E-state index in [-0.39, 0.29) is 6.10 Å². The van der Waals surface area contributed by atoms with Crippen LogP contribution in [0.4, 0.5) is 0 Å². The Labute approximate surface area is 127 Å². The van der Waals surface area contributed by atoms with Gasteiger partial charge >= 0.3 is 0 Å². The van der Waals surface area contributed by atoms with E-state index in [1.807, 2.05) is 18.2 Å². The highest BCUT2D eigenvalue weighted by Crippen LogP contribution is 2.09. The maximum absolute atomic E-state index is 10.3. The Morgan fingerprint density at radius 3 is 2.52 bits per heavy atom. The number of aliphatic hydroxyl groups is 1. The summed E-state index contributed by atoms with van der Waals surface area (Å²) in [6.07, 6.45) is 3.57. The third-order valence-corrected chi connectivity index (χ3v) is 3.76. The third kappa shape index (κ3) is 5.03. The fourth-order valence-corrected chi connectivity index (χ4v) is 2.69. The first-order valence-corrected chi connectivity index (χ1v) is 7.73. The van der Waals surface area contributed by atoms with Gasteiger partial charge in [0.15, 0.2) is 0 Å². The van der Waals surface area contributed by atoms with Crippen LogP contribution in [0, 0.1) is 0 Å². The summed E-state index contributed by atoms with van der Waals surface area (Å²) in [5.41, 5.74) is 2.48. The van der Waals surface area contributed by atoms with Gasteiger partial charge in [-0.1, -0.05) is 37.3 Å². The van der Waals surface area contributed by atoms with Crippen LogP contribution >= 0.6 is 0 Å². The summed E-state index contributed by atoms with van der Waals surface area (Å²) in [6, 6.07) is 14.4. The number of hydrogen-bond donors (Lipinski definition) is 1. The van der Waals surface area contributed by atoms with Gasteiger partial charge in [-0.2, -0.15) is 0 Å². The van der Waals surface area contributed by atoms with Crippen LogP contribution in [0.1, 0.15) is 24.6 Å². The van der Waals surface area contributed by atoms with E-state index in [0.29, 0.717) is 13.0 Å². The monoisotopic (exact) mass is 286 g/mol. The van der Waals surface area contributed by atoms with Crippen molar-refractivity contribution in [3.63, 3.8) is 0 Å². The maximum atomic E-state index is 10.3. The minimum Gasteiger partial charge on any atom is -0.391 e. The van der Waals surface area contributed by atoms with Gasteiger partial charge in [-0.15, -0.1) is 0 Å². The fourth-order valence-electron chi connectivity index (χ4n) is 2.69. The van der Waals surface area contributed by atoms with Gasteiger partial charge < -0.3 is 9.67 Å². The van der Waals surface area contributed by atoms with Gasteiger partial charge in [-0.25, -0.2) is 0 Å². The van der Waals surface area contributed by atoms with E-state index in [1.165, 1.54) is 11.3 Å². The van der Waals surface area contributed by atoms with Gasteiger partial charge in [-0.05, 0) is 37.1 Å². The summed E-state index contributed by atoms with van der Waals surface area (Å²) in [5.74, 6) is 0. The molecule has 0 fully saturated rings. The van der Waals surface area contributed by atoms with Crippen LogP contribution in [-0.4, -0.2) is 33.8 Å². The Bertz CT molecular complexity index is 521. The Kier molecular flexibility index (Phi) is 6.03. The highest BCUT2D eigenvalue weighted by molar-refractivity contribution is 5.15. The van der Waals surface area contributed by atoms with Crippen LogP contribution in [0.15, 0.2) is 48.7 Å². The van der Waals surface area contributed by atoms with E-state index in [4.69, 9.17) is 0 Å². The smallest absolute Gasteiger partial charge is 0.0707 e. The standard InChI is InChI=1S/C18H26N2O/c1-3-11-20(14-17-10-7-12-19(17)2)15-18(21)13-16-8-5-4-6-9-16/h4-10,12,18,21H,3,11,13-15H2,1-2H3. The lowest BCUT2D eigenvalue weighted by Gasteiger charge is -2.25. The van der Waals surface area contributed by atoms with Crippen molar-refractivity contribution < 1.29 is 5.11 Å². The first-order valence-electron chi connectivity index (χ1n) is 7.73. The molecule has 0 aliphatic rings. The Balaban J connectivity index is 1.91. The van der Waals surface area contributed by atoms with Crippen LogP contribution in [0.5, 0.6) is 0 Å². The number of aryl methyl sites for hydroxylation is 1. The van der Waals surface area contributed by atoms with Gasteiger partial charge in [-0.3, -0.25) is 4.90 Å². The normalized spacial score (nSPS) is 12.8. The van der Waals surface area contributed by atoms with E-state index in [0.717, 1.165) is 19.5 Å². The molecule has 0 aliphatic carbocycles. The molecule has 21 heavy (non-hydrogen) atoms. The number of aromatic nitrogens is 1. The van der Waals surface area contributed by atoms with Crippen molar-refractivity contribution in [2.24, 2.45) is 7.05 Å². The minimum atomic E-state index is -0.320. The van der Waals surface area contributed by atoms with Crippen molar-refractivity contribution in [2.75, 3.05) is 13.1 Å². The SMILES string of the molecule is CCCN(Cc1cccn1C)CC(O)Cc1ccccc1. The molecular formula is C18H26N2O. The summed E-state index contributed by atoms with van der Waals surface area (Å²) in [7, 11) is 2.07. The van der Waals surface area contributed by atoms with Crippen molar-refractivity contribution in [3.8, 4) is 0 Å². The molecule has 3 nitrogen and oxygen atoms in total. The molecule has 1 aromatic heterocycles. The predicted octanol–water partition coefficient (Wildman–Crippen LogP) is 2.84. The lowest BCUT2D eigenvalue weighted by atomic mass is 10.1. The predicted molar refractivity (Wildman–Crippen MR) is 87.1 cm³/mol. The second-order valence-corrected chi connectivity index (χ2v) is 5.69. The van der Waals surface area contributed by atoms with Crippen LogP contribution in [-0.2, 0) is 20.0 Å². The third-order valence-electron chi connectivity index (χ3n) is 3.76. The van der Waals surface area contributed by atoms with Crippen LogP contribution in [0.25, 0.3) is 0 Å². The van der Waals surface area contributed by atoms with Crippen molar-refractivity contribution in [3.05, 3.63) is 59.9 Å². The Hall–Kier alpha value is -1.58. The molecule has 2 rings (SSSR count). The van der Waals surface area contributed by atoms with Gasteiger partial charge in [0, 0.05) is 32.0 Å². The second-order valence-electron chi connectivity index (χ2n) is 5.69. The molecule has 0 saturated heterocycles. The molecule has 1 atom stereocenters. The molecule has 0 radical (unpaired) electrons. The number of benzene rings is 1. The summed E-state index contributed by atoms with van der Waals surface area (Å²) in [4.78, 5) is 2.34. The summed E-state index contributed by atoms with van der Waals surface area (Å²) in [5, 5.41) is 10.3. The van der Waals surface area contributed by atoms with Crippen molar-refractivity contribution in [1.82, 2.24) is 9.47 Å². The zero-order valence-electron chi connectivity index (χ0n) is 13.1. The maximum Gasteiger partial charge on any atom is 0.0707 e. The molecule has 0 bridgehead atoms. The second kappa shape index (κ2) is 8.01. The van der Waals surface area contributed by atoms with E-state index in [1.54, 1.807) is 0 Å². The first-order chi connectivity index (χ1) is 10.2. The molecule has 0 saturated carbocycles. The highest BCUT2D eigenvalue weighted by Gasteiger charge is 2.13. The molecule has 0 spiro atoms. The molecule has 114 valence electrons. The lowest BCUT2D eigenvalue weighted by molar-refractivity contribution is 0.107. The number of aliphatic hydroxyl groups excluding tert-OH is 1. The van der Waals surface area contributed by atoms with Crippen LogP contribution in [0.3, 0.4) is 0 Å². The molecule has 0 aliphatic heterocycles. The van der Waals surface area contributed by atoms with Crippen molar-refractivity contribution >= 4 is 0 Å². The molecule has 0 amide bonds. The average molecular weight is 286 g/mol. The molecule has 3 heteroatoms. The van der Waals surface area contributed by atoms with E-state index >= 15 is 0 Å². The summed E-state index contributed by atoms with van der Waals surface area (Å²) >= 11 is 0. The Morgan fingerprint density at radius 1 is 1.14 bits per heavy atom. The van der Waals surface area contributed by atoms with Crippen molar-refractivity contribution in [2.45, 2.75) is 32.4 Å². The first kappa shape index (κ1) is 15.8. The zero-order valence-corrected chi connectivity index (χ0v) is 13.1. The molecule has 1 heterocycles. The summed E-state index contributed by atoms with van der Waals surface area (Å²) in [6.45, 7) is 4.80. The van der Waals surface area contributed by atoms with Crippen molar-refractivity contribution in [1.29, 1.82) is 0 Å². The van der Waals surface area contributed by atoms with Crippen LogP contribution in [0.2, 0.25) is 0 Å². The average Bonchev–Trinajstić information content (AvgIpc) is 2.85. The minimum absolute atomic E-state index is 0.320. The molecule has 2 aromatic rings. The topological polar surface area (TPSA) is 28.4 Å². The van der Waals surface area contributed by atoms with Gasteiger partial charge in [0.2, 0.25) is 0 Å². The fraction of sp³-hybridized carbons (Fsp3) is 0.444. The van der Waals surface area contributed by atoms with E-state index in [9.17, 15) is 5.11 Å².